The zero-order chi connectivity index (χ0) is 18.1. The highest BCUT2D eigenvalue weighted by Gasteiger charge is 2.52. The number of ether oxygens (including phenoxy) is 1. The smallest absolute Gasteiger partial charge is 0.326 e. The largest absolute Gasteiger partial charge is 0.480 e. The molecule has 0 spiro atoms. The topological polar surface area (TPSA) is 104 Å². The van der Waals surface area contributed by atoms with Gasteiger partial charge in [0.2, 0.25) is 5.79 Å². The average molecular weight is 341 g/mol. The van der Waals surface area contributed by atoms with Crippen LogP contribution in [0.3, 0.4) is 0 Å². The molecule has 1 amide bonds. The van der Waals surface area contributed by atoms with E-state index in [9.17, 15) is 24.6 Å². The summed E-state index contributed by atoms with van der Waals surface area (Å²) < 4.78 is 5.63. The number of carbonyl (C=O) groups is 3. The Balaban J connectivity index is 2.21. The van der Waals surface area contributed by atoms with Crippen molar-refractivity contribution in [1.29, 1.82) is 0 Å². The molecular weight excluding hydrogens is 314 g/mol. The second-order valence-corrected chi connectivity index (χ2v) is 7.25. The minimum absolute atomic E-state index is 0.105. The Morgan fingerprint density at radius 3 is 2.42 bits per heavy atom. The van der Waals surface area contributed by atoms with Crippen LogP contribution in [0.1, 0.15) is 52.9 Å². The lowest BCUT2D eigenvalue weighted by Crippen LogP contribution is -2.60. The van der Waals surface area contributed by atoms with Crippen molar-refractivity contribution >= 4 is 17.7 Å². The highest BCUT2D eigenvalue weighted by atomic mass is 16.6. The monoisotopic (exact) mass is 341 g/mol. The fourth-order valence-electron chi connectivity index (χ4n) is 3.48. The Bertz CT molecular complexity index is 519. The fourth-order valence-corrected chi connectivity index (χ4v) is 3.48. The summed E-state index contributed by atoms with van der Waals surface area (Å²) in [5.74, 6) is -5.72. The van der Waals surface area contributed by atoms with Gasteiger partial charge in [-0.1, -0.05) is 20.8 Å². The van der Waals surface area contributed by atoms with Crippen molar-refractivity contribution in [3.05, 3.63) is 0 Å². The summed E-state index contributed by atoms with van der Waals surface area (Å²) in [5.41, 5.74) is 0. The maximum absolute atomic E-state index is 12.7. The van der Waals surface area contributed by atoms with E-state index in [-0.39, 0.29) is 18.6 Å². The molecular formula is C17H27NO6. The number of hydrogen-bond acceptors (Lipinski definition) is 5. The molecule has 2 fully saturated rings. The lowest BCUT2D eigenvalue weighted by atomic mass is 9.84. The molecule has 24 heavy (non-hydrogen) atoms. The number of ketones is 1. The van der Waals surface area contributed by atoms with Gasteiger partial charge in [0.05, 0.1) is 6.10 Å². The molecule has 7 nitrogen and oxygen atoms in total. The summed E-state index contributed by atoms with van der Waals surface area (Å²) in [7, 11) is 0. The molecule has 4 atom stereocenters. The maximum Gasteiger partial charge on any atom is 0.326 e. The van der Waals surface area contributed by atoms with Crippen molar-refractivity contribution in [1.82, 2.24) is 4.90 Å². The SMILES string of the molecule is CC(C)C1CCC(C)C(O)(C(=O)C(=O)N2CCCCC2C(=O)O)O1. The standard InChI is InChI=1S/C17H27NO6/c1-10(2)13-8-7-11(3)17(23,24-13)14(19)15(20)18-9-5-4-6-12(18)16(21)22/h10-13,23H,4-9H2,1-3H3,(H,21,22). The zero-order valence-corrected chi connectivity index (χ0v) is 14.5. The Morgan fingerprint density at radius 1 is 1.17 bits per heavy atom. The molecule has 4 unspecified atom stereocenters. The summed E-state index contributed by atoms with van der Waals surface area (Å²) in [6, 6.07) is -1.02. The molecule has 7 heteroatoms. The van der Waals surface area contributed by atoms with Crippen molar-refractivity contribution in [2.75, 3.05) is 6.54 Å². The van der Waals surface area contributed by atoms with E-state index < -0.39 is 35.4 Å². The number of aliphatic carboxylic acids is 1. The van der Waals surface area contributed by atoms with Crippen LogP contribution in [0.5, 0.6) is 0 Å². The van der Waals surface area contributed by atoms with Crippen LogP contribution in [-0.4, -0.2) is 57.3 Å². The third-order valence-corrected chi connectivity index (χ3v) is 5.20. The van der Waals surface area contributed by atoms with Gasteiger partial charge in [0.1, 0.15) is 6.04 Å². The van der Waals surface area contributed by atoms with Gasteiger partial charge in [0.15, 0.2) is 0 Å². The molecule has 2 saturated heterocycles. The Labute approximate surface area is 142 Å². The second-order valence-electron chi connectivity index (χ2n) is 7.25. The third kappa shape index (κ3) is 3.47. The number of nitrogens with zero attached hydrogens (tertiary/aromatic N) is 1. The predicted octanol–water partition coefficient (Wildman–Crippen LogP) is 1.18. The molecule has 0 aromatic carbocycles. The summed E-state index contributed by atoms with van der Waals surface area (Å²) in [5, 5.41) is 20.1. The molecule has 0 aromatic rings. The Morgan fingerprint density at radius 2 is 1.83 bits per heavy atom. The number of aliphatic hydroxyl groups is 1. The summed E-state index contributed by atoms with van der Waals surface area (Å²) in [4.78, 5) is 37.7. The van der Waals surface area contributed by atoms with Gasteiger partial charge in [-0.15, -0.1) is 0 Å². The molecule has 2 rings (SSSR count). The second kappa shape index (κ2) is 7.19. The first-order valence-corrected chi connectivity index (χ1v) is 8.66. The van der Waals surface area contributed by atoms with Crippen LogP contribution in [0.25, 0.3) is 0 Å². The highest BCUT2D eigenvalue weighted by Crippen LogP contribution is 2.36. The number of carboxylic acid groups (broad SMARTS) is 1. The number of rotatable bonds is 4. The number of piperidine rings is 1. The first kappa shape index (κ1) is 18.9. The molecule has 0 saturated carbocycles. The number of likely N-dealkylation sites (tertiary alicyclic amines) is 1. The first-order valence-electron chi connectivity index (χ1n) is 8.66. The van der Waals surface area contributed by atoms with Crippen LogP contribution in [-0.2, 0) is 19.1 Å². The van der Waals surface area contributed by atoms with Crippen molar-refractivity contribution in [3.63, 3.8) is 0 Å². The van der Waals surface area contributed by atoms with E-state index in [0.717, 1.165) is 4.90 Å². The molecule has 0 bridgehead atoms. The van der Waals surface area contributed by atoms with Gasteiger partial charge < -0.3 is 19.8 Å². The van der Waals surface area contributed by atoms with Crippen molar-refractivity contribution in [2.24, 2.45) is 11.8 Å². The Hall–Kier alpha value is -1.47. The van der Waals surface area contributed by atoms with Crippen molar-refractivity contribution < 1.29 is 29.3 Å². The molecule has 2 N–H and O–H groups in total. The van der Waals surface area contributed by atoms with Crippen LogP contribution in [0.2, 0.25) is 0 Å². The number of carboxylic acids is 1. The van der Waals surface area contributed by atoms with Crippen LogP contribution >= 0.6 is 0 Å². The molecule has 2 aliphatic rings. The summed E-state index contributed by atoms with van der Waals surface area (Å²) >= 11 is 0. The van der Waals surface area contributed by atoms with Gasteiger partial charge in [-0.25, -0.2) is 4.79 Å². The van der Waals surface area contributed by atoms with Gasteiger partial charge in [-0.05, 0) is 38.0 Å². The minimum Gasteiger partial charge on any atom is -0.480 e. The fraction of sp³-hybridized carbons (Fsp3) is 0.824. The lowest BCUT2D eigenvalue weighted by molar-refractivity contribution is -0.269. The summed E-state index contributed by atoms with van der Waals surface area (Å²) in [6.45, 7) is 5.74. The van der Waals surface area contributed by atoms with E-state index in [1.807, 2.05) is 13.8 Å². The van der Waals surface area contributed by atoms with Gasteiger partial charge in [-0.2, -0.15) is 0 Å². The van der Waals surface area contributed by atoms with Crippen LogP contribution in [0, 0.1) is 11.8 Å². The number of carbonyl (C=O) groups excluding carboxylic acids is 2. The molecule has 0 radical (unpaired) electrons. The first-order chi connectivity index (χ1) is 11.2. The van der Waals surface area contributed by atoms with E-state index in [1.54, 1.807) is 6.92 Å². The van der Waals surface area contributed by atoms with E-state index in [0.29, 0.717) is 32.1 Å². The third-order valence-electron chi connectivity index (χ3n) is 5.20. The number of hydrogen-bond donors (Lipinski definition) is 2. The Kier molecular flexibility index (Phi) is 5.65. The van der Waals surface area contributed by atoms with E-state index >= 15 is 0 Å². The number of amides is 1. The highest BCUT2D eigenvalue weighted by molar-refractivity contribution is 6.39. The minimum atomic E-state index is -2.18. The molecule has 0 aromatic heterocycles. The van der Waals surface area contributed by atoms with Gasteiger partial charge >= 0.3 is 5.97 Å². The summed E-state index contributed by atoms with van der Waals surface area (Å²) in [6.07, 6.45) is 2.63. The average Bonchev–Trinajstić information content (AvgIpc) is 2.55. The normalized spacial score (nSPS) is 34.2. The molecule has 2 aliphatic heterocycles. The van der Waals surface area contributed by atoms with Gasteiger partial charge in [-0.3, -0.25) is 9.59 Å². The molecule has 0 aliphatic carbocycles. The van der Waals surface area contributed by atoms with Crippen molar-refractivity contribution in [3.8, 4) is 0 Å². The van der Waals surface area contributed by atoms with Gasteiger partial charge in [0, 0.05) is 12.5 Å². The zero-order valence-electron chi connectivity index (χ0n) is 14.5. The molecule has 136 valence electrons. The number of Topliss-reactive ketones (excluding diaryl/α,β-unsaturated/α-hetero) is 1. The van der Waals surface area contributed by atoms with E-state index in [1.165, 1.54) is 0 Å². The van der Waals surface area contributed by atoms with E-state index in [2.05, 4.69) is 0 Å². The maximum atomic E-state index is 12.7. The van der Waals surface area contributed by atoms with Crippen LogP contribution in [0.4, 0.5) is 0 Å². The lowest BCUT2D eigenvalue weighted by Gasteiger charge is -2.43. The van der Waals surface area contributed by atoms with Crippen LogP contribution < -0.4 is 0 Å². The molecule has 2 heterocycles. The predicted molar refractivity (Wildman–Crippen MR) is 85.1 cm³/mol. The van der Waals surface area contributed by atoms with Gasteiger partial charge in [0.25, 0.3) is 11.7 Å². The quantitative estimate of drug-likeness (QED) is 0.744. The van der Waals surface area contributed by atoms with Crippen LogP contribution in [0.15, 0.2) is 0 Å². The van der Waals surface area contributed by atoms with Crippen molar-refractivity contribution in [2.45, 2.75) is 70.8 Å². The van der Waals surface area contributed by atoms with E-state index in [4.69, 9.17) is 4.74 Å².